The zero-order valence-electron chi connectivity index (χ0n) is 14.2. The SMILES string of the molecule is CN1CN(Cc2ccccc2)CN(Cc2cnc(Cl)s2)C1=N[N+](C)=O. The minimum absolute atomic E-state index is 0.515. The number of thiazole rings is 1. The van der Waals surface area contributed by atoms with E-state index in [-0.39, 0.29) is 0 Å². The summed E-state index contributed by atoms with van der Waals surface area (Å²) in [6, 6.07) is 10.3. The number of aromatic nitrogens is 1. The number of benzene rings is 1. The van der Waals surface area contributed by atoms with E-state index in [9.17, 15) is 4.91 Å². The van der Waals surface area contributed by atoms with Crippen molar-refractivity contribution in [3.8, 4) is 0 Å². The molecule has 0 atom stereocenters. The number of nitroso groups, excluding NO2 is 1. The summed E-state index contributed by atoms with van der Waals surface area (Å²) in [5.41, 5.74) is 1.25. The van der Waals surface area contributed by atoms with Gasteiger partial charge in [-0.05, 0) is 5.56 Å². The summed E-state index contributed by atoms with van der Waals surface area (Å²) in [7, 11) is 3.32. The number of hydrogen-bond acceptors (Lipinski definition) is 4. The summed E-state index contributed by atoms with van der Waals surface area (Å²) >= 11 is 7.38. The first-order valence-corrected chi connectivity index (χ1v) is 9.03. The molecule has 0 amide bonds. The maximum absolute atomic E-state index is 11.5. The summed E-state index contributed by atoms with van der Waals surface area (Å²) in [4.78, 5) is 23.5. The summed E-state index contributed by atoms with van der Waals surface area (Å²) in [6.45, 7) is 2.79. The normalized spacial score (nSPS) is 17.3. The first-order chi connectivity index (χ1) is 12.0. The number of halogens is 1. The quantitative estimate of drug-likeness (QED) is 0.590. The van der Waals surface area contributed by atoms with Crippen molar-refractivity contribution < 1.29 is 4.87 Å². The van der Waals surface area contributed by atoms with Gasteiger partial charge in [0, 0.05) is 24.7 Å². The lowest BCUT2D eigenvalue weighted by Gasteiger charge is -2.41. The van der Waals surface area contributed by atoms with E-state index in [0.717, 1.165) is 11.4 Å². The van der Waals surface area contributed by atoms with Gasteiger partial charge in [-0.3, -0.25) is 4.90 Å². The van der Waals surface area contributed by atoms with E-state index in [1.165, 1.54) is 23.9 Å². The van der Waals surface area contributed by atoms with Crippen LogP contribution < -0.4 is 0 Å². The first kappa shape index (κ1) is 17.8. The molecule has 1 fully saturated rings. The number of hydrazone groups is 1. The average molecular weight is 380 g/mol. The molecule has 7 nitrogen and oxygen atoms in total. The summed E-state index contributed by atoms with van der Waals surface area (Å²) in [5.74, 6) is 0.645. The summed E-state index contributed by atoms with van der Waals surface area (Å²) in [6.07, 6.45) is 1.77. The molecule has 1 saturated heterocycles. The molecule has 0 radical (unpaired) electrons. The third-order valence-corrected chi connectivity index (χ3v) is 4.86. The van der Waals surface area contributed by atoms with Gasteiger partial charge in [0.05, 0.1) is 29.9 Å². The van der Waals surface area contributed by atoms with Crippen LogP contribution in [0.1, 0.15) is 10.4 Å². The predicted molar refractivity (Wildman–Crippen MR) is 99.1 cm³/mol. The second-order valence-electron chi connectivity index (χ2n) is 5.94. The third kappa shape index (κ3) is 4.75. The van der Waals surface area contributed by atoms with Crippen molar-refractivity contribution in [2.24, 2.45) is 5.10 Å². The van der Waals surface area contributed by atoms with Crippen LogP contribution in [0.4, 0.5) is 0 Å². The van der Waals surface area contributed by atoms with Gasteiger partial charge in [-0.25, -0.2) is 4.98 Å². The highest BCUT2D eigenvalue weighted by Gasteiger charge is 2.29. The lowest BCUT2D eigenvalue weighted by molar-refractivity contribution is -0.525. The van der Waals surface area contributed by atoms with E-state index in [4.69, 9.17) is 11.6 Å². The fourth-order valence-electron chi connectivity index (χ4n) is 2.83. The Kier molecular flexibility index (Phi) is 5.62. The molecule has 1 aliphatic heterocycles. The predicted octanol–water partition coefficient (Wildman–Crippen LogP) is 2.64. The van der Waals surface area contributed by atoms with E-state index < -0.39 is 0 Å². The first-order valence-electron chi connectivity index (χ1n) is 7.83. The van der Waals surface area contributed by atoms with E-state index in [1.807, 2.05) is 30.1 Å². The molecule has 1 aromatic heterocycles. The Morgan fingerprint density at radius 1 is 1.28 bits per heavy atom. The maximum Gasteiger partial charge on any atom is 0.274 e. The lowest BCUT2D eigenvalue weighted by atomic mass is 10.2. The Balaban J connectivity index is 1.79. The molecule has 0 N–H and O–H groups in total. The monoisotopic (exact) mass is 379 g/mol. The Morgan fingerprint density at radius 2 is 2.04 bits per heavy atom. The van der Waals surface area contributed by atoms with Crippen molar-refractivity contribution in [1.29, 1.82) is 0 Å². The molecule has 3 rings (SSSR count). The van der Waals surface area contributed by atoms with Crippen molar-refractivity contribution in [3.63, 3.8) is 0 Å². The van der Waals surface area contributed by atoms with E-state index in [2.05, 4.69) is 32.0 Å². The maximum atomic E-state index is 11.5. The van der Waals surface area contributed by atoms with Gasteiger partial charge in [-0.1, -0.05) is 41.9 Å². The van der Waals surface area contributed by atoms with Gasteiger partial charge < -0.3 is 9.80 Å². The standard InChI is InChI=1S/C16H20ClN6OS/c1-20-11-22(9-13-6-4-3-5-7-13)12-23(16(20)19-21(2)24)10-14-8-18-15(17)25-14/h3-8H,9-12H2,1-2H3/q+1. The molecule has 2 heterocycles. The van der Waals surface area contributed by atoms with Crippen LogP contribution in [-0.4, -0.2) is 57.9 Å². The zero-order chi connectivity index (χ0) is 17.8. The summed E-state index contributed by atoms with van der Waals surface area (Å²) in [5, 5.41) is 4.11. The number of guanidine groups is 1. The van der Waals surface area contributed by atoms with Crippen molar-refractivity contribution in [2.45, 2.75) is 13.1 Å². The Bertz CT molecular complexity index is 765. The molecule has 0 bridgehead atoms. The molecular formula is C16H20ClN6OS+. The van der Waals surface area contributed by atoms with Gasteiger partial charge in [0.15, 0.2) is 4.47 Å². The Hall–Kier alpha value is -2.03. The van der Waals surface area contributed by atoms with Crippen LogP contribution in [0.25, 0.3) is 0 Å². The van der Waals surface area contributed by atoms with Crippen LogP contribution in [0.3, 0.4) is 0 Å². The topological polar surface area (TPSA) is 55.0 Å². The summed E-state index contributed by atoms with van der Waals surface area (Å²) < 4.78 is 0.515. The molecule has 0 spiro atoms. The second-order valence-corrected chi connectivity index (χ2v) is 7.63. The molecule has 9 heteroatoms. The van der Waals surface area contributed by atoms with Gasteiger partial charge in [0.25, 0.3) is 5.96 Å². The average Bonchev–Trinajstić information content (AvgIpc) is 2.96. The molecule has 132 valence electrons. The lowest BCUT2D eigenvalue weighted by Crippen LogP contribution is -2.56. The highest BCUT2D eigenvalue weighted by molar-refractivity contribution is 7.15. The number of rotatable bonds is 5. The Morgan fingerprint density at radius 3 is 2.68 bits per heavy atom. The van der Waals surface area contributed by atoms with Crippen LogP contribution in [0.15, 0.2) is 41.6 Å². The smallest absolute Gasteiger partial charge is 0.274 e. The Labute approximate surface area is 155 Å². The highest BCUT2D eigenvalue weighted by atomic mass is 35.5. The van der Waals surface area contributed by atoms with Crippen molar-refractivity contribution in [3.05, 3.63) is 56.3 Å². The van der Waals surface area contributed by atoms with E-state index >= 15 is 0 Å². The van der Waals surface area contributed by atoms with Gasteiger partial charge in [0.1, 0.15) is 4.87 Å². The molecule has 2 aromatic rings. The highest BCUT2D eigenvalue weighted by Crippen LogP contribution is 2.22. The van der Waals surface area contributed by atoms with Gasteiger partial charge in [-0.2, -0.15) is 0 Å². The number of hydrogen-bond donors (Lipinski definition) is 0. The van der Waals surface area contributed by atoms with Crippen LogP contribution >= 0.6 is 22.9 Å². The molecule has 0 unspecified atom stereocenters. The molecular weight excluding hydrogens is 360 g/mol. The van der Waals surface area contributed by atoms with Crippen LogP contribution in [0.2, 0.25) is 4.47 Å². The zero-order valence-corrected chi connectivity index (χ0v) is 15.7. The van der Waals surface area contributed by atoms with Crippen LogP contribution in [0, 0.1) is 4.91 Å². The van der Waals surface area contributed by atoms with E-state index in [1.54, 1.807) is 6.20 Å². The second kappa shape index (κ2) is 7.90. The van der Waals surface area contributed by atoms with Crippen molar-refractivity contribution >= 4 is 28.9 Å². The minimum Gasteiger partial charge on any atom is -0.328 e. The van der Waals surface area contributed by atoms with Gasteiger partial charge in [0.2, 0.25) is 7.05 Å². The molecule has 1 aromatic carbocycles. The van der Waals surface area contributed by atoms with Crippen LogP contribution in [-0.2, 0) is 13.1 Å². The number of nitrogens with zero attached hydrogens (tertiary/aromatic N) is 6. The van der Waals surface area contributed by atoms with Gasteiger partial charge >= 0.3 is 0 Å². The largest absolute Gasteiger partial charge is 0.328 e. The van der Waals surface area contributed by atoms with Gasteiger partial charge in [-0.15, -0.1) is 11.3 Å². The van der Waals surface area contributed by atoms with E-state index in [0.29, 0.717) is 35.2 Å². The third-order valence-electron chi connectivity index (χ3n) is 3.76. The molecule has 0 aliphatic carbocycles. The molecule has 25 heavy (non-hydrogen) atoms. The minimum atomic E-state index is 0.515. The van der Waals surface area contributed by atoms with Crippen molar-refractivity contribution in [2.75, 3.05) is 27.4 Å². The molecule has 0 saturated carbocycles. The van der Waals surface area contributed by atoms with Crippen molar-refractivity contribution in [1.82, 2.24) is 19.7 Å². The molecule has 1 aliphatic rings. The fraction of sp³-hybridized carbons (Fsp3) is 0.375. The fourth-order valence-corrected chi connectivity index (χ4v) is 3.82. The van der Waals surface area contributed by atoms with Crippen LogP contribution in [0.5, 0.6) is 0 Å².